The van der Waals surface area contributed by atoms with Crippen LogP contribution in [0, 0.1) is 5.82 Å². The standard InChI is InChI=1S/C28H32BrFN4O3/c1-17(34-16-32-24-15-31-23-10-8-19(29)13-22(23)26(24)34)7-6-12-36-25-11-9-20(30)14-21(25)18(2)33-27(35)37-28(3,4)5/h8-11,13-18H,6-7,12H2,1-5H3,(H,33,35). The number of ether oxygens (including phenoxy) is 2. The van der Waals surface area contributed by atoms with Crippen molar-refractivity contribution >= 4 is 44.0 Å². The van der Waals surface area contributed by atoms with E-state index in [9.17, 15) is 9.18 Å². The number of halogens is 2. The van der Waals surface area contributed by atoms with Gasteiger partial charge in [0.1, 0.15) is 22.7 Å². The molecular formula is C28H32BrFN4O3. The molecule has 2 aromatic carbocycles. The van der Waals surface area contributed by atoms with Crippen LogP contribution in [0.25, 0.3) is 21.9 Å². The summed E-state index contributed by atoms with van der Waals surface area (Å²) in [5.41, 5.74) is 2.77. The first-order valence-electron chi connectivity index (χ1n) is 12.3. The van der Waals surface area contributed by atoms with Gasteiger partial charge in [0.25, 0.3) is 0 Å². The van der Waals surface area contributed by atoms with Crippen molar-refractivity contribution in [3.63, 3.8) is 0 Å². The number of amides is 1. The van der Waals surface area contributed by atoms with Crippen LogP contribution in [0.4, 0.5) is 9.18 Å². The van der Waals surface area contributed by atoms with E-state index in [2.05, 4.69) is 48.8 Å². The van der Waals surface area contributed by atoms with Crippen molar-refractivity contribution in [2.45, 2.75) is 65.1 Å². The summed E-state index contributed by atoms with van der Waals surface area (Å²) in [4.78, 5) is 21.3. The molecule has 1 amide bonds. The zero-order valence-electron chi connectivity index (χ0n) is 21.7. The summed E-state index contributed by atoms with van der Waals surface area (Å²) < 4.78 is 28.6. The number of carbonyl (C=O) groups excluding carboxylic acids is 1. The number of pyridine rings is 1. The molecule has 4 rings (SSSR count). The minimum Gasteiger partial charge on any atom is -0.493 e. The van der Waals surface area contributed by atoms with Crippen molar-refractivity contribution in [1.29, 1.82) is 0 Å². The van der Waals surface area contributed by atoms with Crippen LogP contribution >= 0.6 is 15.9 Å². The second-order valence-corrected chi connectivity index (χ2v) is 11.1. The summed E-state index contributed by atoms with van der Waals surface area (Å²) in [6.45, 7) is 9.75. The number of hydrogen-bond acceptors (Lipinski definition) is 5. The van der Waals surface area contributed by atoms with Crippen molar-refractivity contribution < 1.29 is 18.7 Å². The van der Waals surface area contributed by atoms with Crippen LogP contribution in [0.1, 0.15) is 65.1 Å². The van der Waals surface area contributed by atoms with Gasteiger partial charge in [-0.2, -0.15) is 0 Å². The van der Waals surface area contributed by atoms with E-state index in [-0.39, 0.29) is 6.04 Å². The van der Waals surface area contributed by atoms with E-state index in [0.29, 0.717) is 17.9 Å². The van der Waals surface area contributed by atoms with E-state index < -0.39 is 23.6 Å². The molecule has 0 fully saturated rings. The highest BCUT2D eigenvalue weighted by Gasteiger charge is 2.21. The van der Waals surface area contributed by atoms with Crippen molar-refractivity contribution in [2.24, 2.45) is 0 Å². The molecule has 2 aromatic heterocycles. The van der Waals surface area contributed by atoms with Gasteiger partial charge in [0, 0.05) is 21.5 Å². The summed E-state index contributed by atoms with van der Waals surface area (Å²) in [6.07, 6.45) is 4.73. The van der Waals surface area contributed by atoms with Crippen LogP contribution in [-0.2, 0) is 4.74 Å². The molecule has 4 aromatic rings. The Labute approximate surface area is 224 Å². The zero-order chi connectivity index (χ0) is 26.7. The topological polar surface area (TPSA) is 78.3 Å². The quantitative estimate of drug-likeness (QED) is 0.222. The lowest BCUT2D eigenvalue weighted by molar-refractivity contribution is 0.0507. The maximum atomic E-state index is 14.0. The predicted octanol–water partition coefficient (Wildman–Crippen LogP) is 7.49. The van der Waals surface area contributed by atoms with Crippen molar-refractivity contribution in [3.8, 4) is 5.75 Å². The number of nitrogens with zero attached hydrogens (tertiary/aromatic N) is 3. The normalized spacial score (nSPS) is 13.5. The third-order valence-electron chi connectivity index (χ3n) is 6.03. The van der Waals surface area contributed by atoms with Gasteiger partial charge >= 0.3 is 6.09 Å². The molecule has 0 bridgehead atoms. The first-order valence-corrected chi connectivity index (χ1v) is 13.1. The number of fused-ring (bicyclic) bond motifs is 3. The van der Waals surface area contributed by atoms with E-state index in [4.69, 9.17) is 9.47 Å². The van der Waals surface area contributed by atoms with Gasteiger partial charge in [-0.25, -0.2) is 14.2 Å². The van der Waals surface area contributed by atoms with Crippen molar-refractivity contribution in [1.82, 2.24) is 19.9 Å². The molecule has 2 atom stereocenters. The maximum absolute atomic E-state index is 14.0. The molecule has 0 radical (unpaired) electrons. The van der Waals surface area contributed by atoms with Crippen molar-refractivity contribution in [3.05, 3.63) is 64.8 Å². The Kier molecular flexibility index (Phi) is 8.02. The molecule has 37 heavy (non-hydrogen) atoms. The van der Waals surface area contributed by atoms with Crippen LogP contribution < -0.4 is 10.1 Å². The molecule has 0 saturated heterocycles. The largest absolute Gasteiger partial charge is 0.493 e. The monoisotopic (exact) mass is 570 g/mol. The molecule has 0 aliphatic carbocycles. The number of nitrogens with one attached hydrogen (secondary N) is 1. The molecule has 0 spiro atoms. The zero-order valence-corrected chi connectivity index (χ0v) is 23.3. The highest BCUT2D eigenvalue weighted by atomic mass is 79.9. The number of carbonyl (C=O) groups is 1. The minimum atomic E-state index is -0.623. The SMILES string of the molecule is CC(NC(=O)OC(C)(C)C)c1cc(F)ccc1OCCCC(C)n1cnc2cnc3ccc(Br)cc3c21. The number of aromatic nitrogens is 3. The Morgan fingerprint density at radius 3 is 2.68 bits per heavy atom. The highest BCUT2D eigenvalue weighted by Crippen LogP contribution is 2.30. The summed E-state index contributed by atoms with van der Waals surface area (Å²) in [5.74, 6) is 0.141. The molecule has 2 unspecified atom stereocenters. The molecule has 7 nitrogen and oxygen atoms in total. The number of rotatable bonds is 8. The third-order valence-corrected chi connectivity index (χ3v) is 6.53. The van der Waals surface area contributed by atoms with Crippen LogP contribution in [-0.4, -0.2) is 32.8 Å². The second-order valence-electron chi connectivity index (χ2n) is 10.2. The van der Waals surface area contributed by atoms with Crippen LogP contribution in [0.2, 0.25) is 0 Å². The summed E-state index contributed by atoms with van der Waals surface area (Å²) in [6, 6.07) is 10.1. The maximum Gasteiger partial charge on any atom is 0.408 e. The molecule has 9 heteroatoms. The fraction of sp³-hybridized carbons (Fsp3) is 0.393. The number of imidazole rings is 1. The Bertz CT molecular complexity index is 1420. The van der Waals surface area contributed by atoms with Gasteiger partial charge in [-0.3, -0.25) is 4.98 Å². The average molecular weight is 571 g/mol. The predicted molar refractivity (Wildman–Crippen MR) is 146 cm³/mol. The summed E-state index contributed by atoms with van der Waals surface area (Å²) in [7, 11) is 0. The average Bonchev–Trinajstić information content (AvgIpc) is 3.26. The second kappa shape index (κ2) is 11.0. The lowest BCUT2D eigenvalue weighted by Crippen LogP contribution is -2.34. The third kappa shape index (κ3) is 6.57. The Balaban J connectivity index is 1.41. The van der Waals surface area contributed by atoms with Crippen molar-refractivity contribution in [2.75, 3.05) is 6.61 Å². The van der Waals surface area contributed by atoms with E-state index in [1.165, 1.54) is 12.1 Å². The van der Waals surface area contributed by atoms with Crippen LogP contribution in [0.5, 0.6) is 5.75 Å². The van der Waals surface area contributed by atoms with Gasteiger partial charge in [-0.15, -0.1) is 0 Å². The number of alkyl carbamates (subject to hydrolysis) is 1. The molecule has 1 N–H and O–H groups in total. The lowest BCUT2D eigenvalue weighted by atomic mass is 10.1. The van der Waals surface area contributed by atoms with Gasteiger partial charge in [-0.05, 0) is 83.9 Å². The Morgan fingerprint density at radius 1 is 1.14 bits per heavy atom. The molecule has 196 valence electrons. The molecule has 0 aliphatic rings. The number of benzene rings is 2. The molecular weight excluding hydrogens is 539 g/mol. The van der Waals surface area contributed by atoms with E-state index in [0.717, 1.165) is 39.3 Å². The van der Waals surface area contributed by atoms with Gasteiger partial charge in [-0.1, -0.05) is 15.9 Å². The smallest absolute Gasteiger partial charge is 0.408 e. The van der Waals surface area contributed by atoms with Crippen LogP contribution in [0.3, 0.4) is 0 Å². The fourth-order valence-corrected chi connectivity index (χ4v) is 4.63. The molecule has 0 aliphatic heterocycles. The lowest BCUT2D eigenvalue weighted by Gasteiger charge is -2.23. The first kappa shape index (κ1) is 26.9. The Morgan fingerprint density at radius 2 is 1.92 bits per heavy atom. The molecule has 2 heterocycles. The van der Waals surface area contributed by atoms with Gasteiger partial charge in [0.15, 0.2) is 0 Å². The van der Waals surface area contributed by atoms with E-state index in [1.807, 2.05) is 18.5 Å². The van der Waals surface area contributed by atoms with Gasteiger partial charge in [0.2, 0.25) is 0 Å². The van der Waals surface area contributed by atoms with Crippen LogP contribution in [0.15, 0.2) is 53.4 Å². The first-order chi connectivity index (χ1) is 17.5. The Hall–Kier alpha value is -3.20. The summed E-state index contributed by atoms with van der Waals surface area (Å²) >= 11 is 3.56. The van der Waals surface area contributed by atoms with Gasteiger partial charge < -0.3 is 19.4 Å². The summed E-state index contributed by atoms with van der Waals surface area (Å²) in [5, 5.41) is 3.81. The number of hydrogen-bond donors (Lipinski definition) is 1. The van der Waals surface area contributed by atoms with E-state index in [1.54, 1.807) is 40.0 Å². The highest BCUT2D eigenvalue weighted by molar-refractivity contribution is 9.10. The fourth-order valence-electron chi connectivity index (χ4n) is 4.27. The van der Waals surface area contributed by atoms with Gasteiger partial charge in [0.05, 0.1) is 36.2 Å². The van der Waals surface area contributed by atoms with E-state index >= 15 is 0 Å². The minimum absolute atomic E-state index is 0.179. The molecule has 0 saturated carbocycles.